The quantitative estimate of drug-likeness (QED) is 0.771. The average Bonchev–Trinajstić information content (AvgIpc) is 3.07. The van der Waals surface area contributed by atoms with Gasteiger partial charge in [-0.2, -0.15) is 0 Å². The maximum Gasteiger partial charge on any atom is 0.233 e. The molecule has 1 aliphatic rings. The van der Waals surface area contributed by atoms with E-state index in [-0.39, 0.29) is 5.91 Å². The van der Waals surface area contributed by atoms with Crippen LogP contribution in [0.4, 0.5) is 0 Å². The highest BCUT2D eigenvalue weighted by Gasteiger charge is 2.18. The molecule has 1 aliphatic heterocycles. The van der Waals surface area contributed by atoms with Crippen molar-refractivity contribution in [2.45, 2.75) is 19.4 Å². The molecule has 1 saturated heterocycles. The molecule has 0 N–H and O–H groups in total. The van der Waals surface area contributed by atoms with Crippen LogP contribution < -0.4 is 4.74 Å². The third-order valence-electron chi connectivity index (χ3n) is 3.71. The molecule has 120 valence electrons. The summed E-state index contributed by atoms with van der Waals surface area (Å²) in [4.78, 5) is 16.2. The Labute approximate surface area is 141 Å². The molecule has 0 saturated carbocycles. The standard InChI is InChI=1S/C16H22N2O2S2/c1-17(11-13-7-3-4-8-14(13)20-2)15(19)12-22-16(21)18-9-5-6-10-18/h3-4,7-8H,5-6,9-12H2,1-2H3. The Morgan fingerprint density at radius 1 is 1.36 bits per heavy atom. The van der Waals surface area contributed by atoms with Gasteiger partial charge in [0.2, 0.25) is 5.91 Å². The zero-order valence-corrected chi connectivity index (χ0v) is 14.7. The lowest BCUT2D eigenvalue weighted by Crippen LogP contribution is -2.30. The third kappa shape index (κ3) is 4.61. The van der Waals surface area contributed by atoms with Crippen molar-refractivity contribution in [3.05, 3.63) is 29.8 Å². The molecule has 0 unspecified atom stereocenters. The number of hydrogen-bond acceptors (Lipinski definition) is 4. The van der Waals surface area contributed by atoms with Crippen LogP contribution in [0.2, 0.25) is 0 Å². The smallest absolute Gasteiger partial charge is 0.233 e. The SMILES string of the molecule is COc1ccccc1CN(C)C(=O)CSC(=S)N1CCCC1. The first-order valence-electron chi connectivity index (χ1n) is 7.39. The summed E-state index contributed by atoms with van der Waals surface area (Å²) >= 11 is 6.85. The van der Waals surface area contributed by atoms with Crippen LogP contribution in [0.3, 0.4) is 0 Å². The van der Waals surface area contributed by atoms with E-state index in [2.05, 4.69) is 4.90 Å². The van der Waals surface area contributed by atoms with Gasteiger partial charge in [-0.3, -0.25) is 4.79 Å². The van der Waals surface area contributed by atoms with Crippen molar-refractivity contribution in [1.29, 1.82) is 0 Å². The molecule has 0 radical (unpaired) electrons. The normalized spacial score (nSPS) is 14.0. The molecule has 1 aromatic rings. The summed E-state index contributed by atoms with van der Waals surface area (Å²) in [6, 6.07) is 7.76. The largest absolute Gasteiger partial charge is 0.496 e. The number of rotatable bonds is 5. The van der Waals surface area contributed by atoms with E-state index in [4.69, 9.17) is 17.0 Å². The molecule has 22 heavy (non-hydrogen) atoms. The number of amides is 1. The molecular formula is C16H22N2O2S2. The lowest BCUT2D eigenvalue weighted by atomic mass is 10.2. The Balaban J connectivity index is 1.82. The Hall–Kier alpha value is -1.27. The van der Waals surface area contributed by atoms with E-state index in [9.17, 15) is 4.79 Å². The van der Waals surface area contributed by atoms with E-state index in [1.54, 1.807) is 12.0 Å². The minimum absolute atomic E-state index is 0.0810. The molecule has 1 heterocycles. The summed E-state index contributed by atoms with van der Waals surface area (Å²) in [6.45, 7) is 2.59. The van der Waals surface area contributed by atoms with E-state index in [0.717, 1.165) is 28.7 Å². The summed E-state index contributed by atoms with van der Waals surface area (Å²) in [7, 11) is 3.46. The second-order valence-corrected chi connectivity index (χ2v) is 6.92. The van der Waals surface area contributed by atoms with Crippen LogP contribution >= 0.6 is 24.0 Å². The summed E-state index contributed by atoms with van der Waals surface area (Å²) in [5, 5.41) is 0. The number of likely N-dealkylation sites (tertiary alicyclic amines) is 1. The van der Waals surface area contributed by atoms with Gasteiger partial charge in [-0.05, 0) is 18.9 Å². The molecule has 2 rings (SSSR count). The molecule has 6 heteroatoms. The minimum atomic E-state index is 0.0810. The van der Waals surface area contributed by atoms with Gasteiger partial charge in [0.05, 0.1) is 12.9 Å². The van der Waals surface area contributed by atoms with Crippen molar-refractivity contribution < 1.29 is 9.53 Å². The third-order valence-corrected chi connectivity index (χ3v) is 5.22. The summed E-state index contributed by atoms with van der Waals surface area (Å²) < 4.78 is 6.17. The molecule has 1 amide bonds. The van der Waals surface area contributed by atoms with Crippen molar-refractivity contribution in [3.8, 4) is 5.75 Å². The lowest BCUT2D eigenvalue weighted by Gasteiger charge is -2.21. The van der Waals surface area contributed by atoms with Crippen molar-refractivity contribution in [2.75, 3.05) is 33.0 Å². The molecule has 0 aliphatic carbocycles. The monoisotopic (exact) mass is 338 g/mol. The second-order valence-electron chi connectivity index (χ2n) is 5.31. The molecule has 0 spiro atoms. The van der Waals surface area contributed by atoms with Crippen LogP contribution in [-0.4, -0.2) is 53.0 Å². The summed E-state index contributed by atoms with van der Waals surface area (Å²) in [6.07, 6.45) is 2.39. The Morgan fingerprint density at radius 3 is 2.73 bits per heavy atom. The predicted octanol–water partition coefficient (Wildman–Crippen LogP) is 2.77. The number of thiocarbonyl (C=S) groups is 1. The van der Waals surface area contributed by atoms with Crippen LogP contribution in [0.5, 0.6) is 5.75 Å². The van der Waals surface area contributed by atoms with Crippen LogP contribution in [0.15, 0.2) is 24.3 Å². The highest BCUT2D eigenvalue weighted by atomic mass is 32.2. The van der Waals surface area contributed by atoms with E-state index in [0.29, 0.717) is 12.3 Å². The van der Waals surface area contributed by atoms with Gasteiger partial charge in [0, 0.05) is 32.2 Å². The van der Waals surface area contributed by atoms with Crippen molar-refractivity contribution >= 4 is 34.2 Å². The lowest BCUT2D eigenvalue weighted by molar-refractivity contribution is -0.127. The van der Waals surface area contributed by atoms with Gasteiger partial charge in [0.25, 0.3) is 0 Å². The topological polar surface area (TPSA) is 32.8 Å². The molecule has 0 bridgehead atoms. The number of benzene rings is 1. The highest BCUT2D eigenvalue weighted by Crippen LogP contribution is 2.20. The number of ether oxygens (including phenoxy) is 1. The Kier molecular flexibility index (Phi) is 6.51. The molecular weight excluding hydrogens is 316 g/mol. The van der Waals surface area contributed by atoms with Gasteiger partial charge >= 0.3 is 0 Å². The van der Waals surface area contributed by atoms with Gasteiger partial charge in [-0.15, -0.1) is 0 Å². The minimum Gasteiger partial charge on any atom is -0.496 e. The van der Waals surface area contributed by atoms with Crippen molar-refractivity contribution in [1.82, 2.24) is 9.80 Å². The fourth-order valence-corrected chi connectivity index (χ4v) is 3.59. The predicted molar refractivity (Wildman–Crippen MR) is 95.3 cm³/mol. The average molecular weight is 338 g/mol. The summed E-state index contributed by atoms with van der Waals surface area (Å²) in [5.41, 5.74) is 1.01. The fraction of sp³-hybridized carbons (Fsp3) is 0.500. The molecule has 4 nitrogen and oxygen atoms in total. The number of methoxy groups -OCH3 is 1. The number of thioether (sulfide) groups is 1. The maximum absolute atomic E-state index is 12.3. The molecule has 1 aromatic carbocycles. The number of carbonyl (C=O) groups excluding carboxylic acids is 1. The van der Waals surface area contributed by atoms with E-state index >= 15 is 0 Å². The summed E-state index contributed by atoms with van der Waals surface area (Å²) in [5.74, 6) is 1.28. The number of para-hydroxylation sites is 1. The van der Waals surface area contributed by atoms with Gasteiger partial charge in [0.15, 0.2) is 0 Å². The van der Waals surface area contributed by atoms with Gasteiger partial charge in [0.1, 0.15) is 10.1 Å². The maximum atomic E-state index is 12.3. The van der Waals surface area contributed by atoms with Crippen LogP contribution in [0, 0.1) is 0 Å². The Bertz CT molecular complexity index is 531. The van der Waals surface area contributed by atoms with Gasteiger partial charge in [-0.1, -0.05) is 42.2 Å². The fourth-order valence-electron chi connectivity index (χ4n) is 2.40. The molecule has 1 fully saturated rings. The highest BCUT2D eigenvalue weighted by molar-refractivity contribution is 8.23. The number of hydrogen-bond donors (Lipinski definition) is 0. The zero-order chi connectivity index (χ0) is 15.9. The number of carbonyl (C=O) groups is 1. The van der Waals surface area contributed by atoms with Gasteiger partial charge in [-0.25, -0.2) is 0 Å². The molecule has 0 aromatic heterocycles. The first-order chi connectivity index (χ1) is 10.6. The zero-order valence-electron chi connectivity index (χ0n) is 13.1. The van der Waals surface area contributed by atoms with Crippen LogP contribution in [0.25, 0.3) is 0 Å². The number of nitrogens with zero attached hydrogens (tertiary/aromatic N) is 2. The van der Waals surface area contributed by atoms with Crippen molar-refractivity contribution in [2.24, 2.45) is 0 Å². The Morgan fingerprint density at radius 2 is 2.05 bits per heavy atom. The van der Waals surface area contributed by atoms with E-state index in [1.807, 2.05) is 31.3 Å². The van der Waals surface area contributed by atoms with Crippen LogP contribution in [-0.2, 0) is 11.3 Å². The van der Waals surface area contributed by atoms with E-state index in [1.165, 1.54) is 24.6 Å². The van der Waals surface area contributed by atoms with Gasteiger partial charge < -0.3 is 14.5 Å². The van der Waals surface area contributed by atoms with Crippen LogP contribution in [0.1, 0.15) is 18.4 Å². The first kappa shape index (κ1) is 17.1. The van der Waals surface area contributed by atoms with E-state index < -0.39 is 0 Å². The van der Waals surface area contributed by atoms with Crippen molar-refractivity contribution in [3.63, 3.8) is 0 Å². The first-order valence-corrected chi connectivity index (χ1v) is 8.78. The molecule has 0 atom stereocenters. The second kappa shape index (κ2) is 8.39.